The molecule has 0 aliphatic rings. The van der Waals surface area contributed by atoms with Crippen LogP contribution in [0.5, 0.6) is 0 Å². The molecule has 60 heavy (non-hydrogen) atoms. The number of allylic oxidation sites excluding steroid dienone is 4. The highest BCUT2D eigenvalue weighted by Gasteiger charge is 2.19. The van der Waals surface area contributed by atoms with Gasteiger partial charge in [0.2, 0.25) is 0 Å². The summed E-state index contributed by atoms with van der Waals surface area (Å²) in [5.41, 5.74) is 0. The van der Waals surface area contributed by atoms with Crippen LogP contribution in [0.25, 0.3) is 0 Å². The summed E-state index contributed by atoms with van der Waals surface area (Å²) in [6.07, 6.45) is 56.1. The molecule has 352 valence electrons. The highest BCUT2D eigenvalue weighted by molar-refractivity contribution is 5.71. The van der Waals surface area contributed by atoms with E-state index in [0.717, 1.165) is 32.1 Å². The van der Waals surface area contributed by atoms with Crippen LogP contribution in [0.15, 0.2) is 24.3 Å². The van der Waals surface area contributed by atoms with Gasteiger partial charge in [0.25, 0.3) is 0 Å². The fourth-order valence-electron chi connectivity index (χ4n) is 7.71. The van der Waals surface area contributed by atoms with E-state index in [4.69, 9.17) is 14.2 Å². The summed E-state index contributed by atoms with van der Waals surface area (Å²) in [4.78, 5) is 37.9. The molecule has 0 aromatic heterocycles. The number of hydrogen-bond acceptors (Lipinski definition) is 6. The normalized spacial score (nSPS) is 12.1. The predicted molar refractivity (Wildman–Crippen MR) is 256 cm³/mol. The molecule has 1 unspecified atom stereocenters. The van der Waals surface area contributed by atoms with Crippen molar-refractivity contribution in [3.05, 3.63) is 24.3 Å². The zero-order valence-corrected chi connectivity index (χ0v) is 40.2. The Labute approximate surface area is 373 Å². The molecule has 0 spiro atoms. The molecule has 0 aromatic rings. The van der Waals surface area contributed by atoms with Gasteiger partial charge in [-0.05, 0) is 44.9 Å². The van der Waals surface area contributed by atoms with Gasteiger partial charge in [-0.25, -0.2) is 0 Å². The molecule has 1 atom stereocenters. The number of rotatable bonds is 48. The lowest BCUT2D eigenvalue weighted by Gasteiger charge is -2.18. The molecule has 0 saturated carbocycles. The Morgan fingerprint density at radius 3 is 0.933 bits per heavy atom. The summed E-state index contributed by atoms with van der Waals surface area (Å²) in [6.45, 7) is 6.60. The van der Waals surface area contributed by atoms with Crippen molar-refractivity contribution in [2.75, 3.05) is 13.2 Å². The van der Waals surface area contributed by atoms with Crippen molar-refractivity contribution in [2.24, 2.45) is 0 Å². The summed E-state index contributed by atoms with van der Waals surface area (Å²) >= 11 is 0. The maximum absolute atomic E-state index is 12.8. The number of carbonyl (C=O) groups excluding carboxylic acids is 3. The zero-order valence-electron chi connectivity index (χ0n) is 40.2. The molecule has 0 heterocycles. The number of ether oxygens (including phenoxy) is 3. The van der Waals surface area contributed by atoms with E-state index in [1.807, 2.05) is 0 Å². The van der Waals surface area contributed by atoms with E-state index in [-0.39, 0.29) is 44.0 Å². The third-order valence-electron chi connectivity index (χ3n) is 11.7. The average molecular weight is 845 g/mol. The van der Waals surface area contributed by atoms with Crippen LogP contribution < -0.4 is 0 Å². The molecule has 0 saturated heterocycles. The highest BCUT2D eigenvalue weighted by Crippen LogP contribution is 2.16. The average Bonchev–Trinajstić information content (AvgIpc) is 3.24. The van der Waals surface area contributed by atoms with Crippen molar-refractivity contribution in [3.8, 4) is 0 Å². The van der Waals surface area contributed by atoms with Crippen LogP contribution in [0.3, 0.4) is 0 Å². The Kier molecular flexibility index (Phi) is 47.8. The van der Waals surface area contributed by atoms with E-state index in [9.17, 15) is 14.4 Å². The van der Waals surface area contributed by atoms with Gasteiger partial charge in [-0.1, -0.05) is 244 Å². The minimum Gasteiger partial charge on any atom is -0.462 e. The second kappa shape index (κ2) is 49.5. The van der Waals surface area contributed by atoms with E-state index < -0.39 is 6.10 Å². The van der Waals surface area contributed by atoms with Crippen LogP contribution >= 0.6 is 0 Å². The Balaban J connectivity index is 4.41. The van der Waals surface area contributed by atoms with E-state index in [1.165, 1.54) is 199 Å². The topological polar surface area (TPSA) is 78.9 Å². The Morgan fingerprint density at radius 2 is 0.583 bits per heavy atom. The fourth-order valence-corrected chi connectivity index (χ4v) is 7.71. The molecule has 0 aliphatic carbocycles. The molecular formula is C54H100O6. The smallest absolute Gasteiger partial charge is 0.306 e. The van der Waals surface area contributed by atoms with Gasteiger partial charge in [-0.3, -0.25) is 14.4 Å². The lowest BCUT2D eigenvalue weighted by Crippen LogP contribution is -2.30. The maximum Gasteiger partial charge on any atom is 0.306 e. The van der Waals surface area contributed by atoms with Gasteiger partial charge >= 0.3 is 17.9 Å². The van der Waals surface area contributed by atoms with Crippen molar-refractivity contribution in [1.82, 2.24) is 0 Å². The molecule has 6 nitrogen and oxygen atoms in total. The van der Waals surface area contributed by atoms with Crippen molar-refractivity contribution < 1.29 is 28.6 Å². The quantitative estimate of drug-likeness (QED) is 0.0263. The predicted octanol–water partition coefficient (Wildman–Crippen LogP) is 17.2. The van der Waals surface area contributed by atoms with Crippen molar-refractivity contribution in [2.45, 2.75) is 290 Å². The first-order valence-corrected chi connectivity index (χ1v) is 26.3. The van der Waals surface area contributed by atoms with Gasteiger partial charge in [0, 0.05) is 19.3 Å². The van der Waals surface area contributed by atoms with Gasteiger partial charge in [0.1, 0.15) is 13.2 Å². The van der Waals surface area contributed by atoms with Crippen LogP contribution in [0.2, 0.25) is 0 Å². The molecule has 0 radical (unpaired) electrons. The number of unbranched alkanes of at least 4 members (excludes halogenated alkanes) is 33. The van der Waals surface area contributed by atoms with E-state index in [0.29, 0.717) is 19.3 Å². The molecule has 0 N–H and O–H groups in total. The lowest BCUT2D eigenvalue weighted by molar-refractivity contribution is -0.166. The summed E-state index contributed by atoms with van der Waals surface area (Å²) in [5, 5.41) is 0. The largest absolute Gasteiger partial charge is 0.462 e. The monoisotopic (exact) mass is 845 g/mol. The molecular weight excluding hydrogens is 745 g/mol. The SMILES string of the molecule is CCCCCCCCCCCC/C=C\CCC(=O)OC(COC(=O)CC/C=C\CCCCCCCCCCCCC)COC(=O)CCCCCCCCCCCCCCC. The first kappa shape index (κ1) is 57.9. The Hall–Kier alpha value is -2.11. The van der Waals surface area contributed by atoms with Gasteiger partial charge in [0.05, 0.1) is 0 Å². The zero-order chi connectivity index (χ0) is 43.7. The maximum atomic E-state index is 12.8. The molecule has 0 aromatic carbocycles. The fraction of sp³-hybridized carbons (Fsp3) is 0.870. The Bertz CT molecular complexity index is 973. The molecule has 0 bridgehead atoms. The minimum absolute atomic E-state index is 0.0935. The van der Waals surface area contributed by atoms with E-state index in [2.05, 4.69) is 45.1 Å². The van der Waals surface area contributed by atoms with Crippen molar-refractivity contribution >= 4 is 17.9 Å². The summed E-state index contributed by atoms with van der Waals surface area (Å²) in [5.74, 6) is -0.982. The number of hydrogen-bond donors (Lipinski definition) is 0. The van der Waals surface area contributed by atoms with Gasteiger partial charge in [-0.2, -0.15) is 0 Å². The lowest BCUT2D eigenvalue weighted by atomic mass is 10.0. The van der Waals surface area contributed by atoms with Gasteiger partial charge in [-0.15, -0.1) is 0 Å². The summed E-state index contributed by atoms with van der Waals surface area (Å²) in [7, 11) is 0. The third-order valence-corrected chi connectivity index (χ3v) is 11.7. The van der Waals surface area contributed by atoms with Gasteiger partial charge < -0.3 is 14.2 Å². The first-order chi connectivity index (χ1) is 29.5. The molecule has 0 rings (SSSR count). The van der Waals surface area contributed by atoms with Crippen LogP contribution in [-0.4, -0.2) is 37.2 Å². The number of esters is 3. The van der Waals surface area contributed by atoms with E-state index in [1.54, 1.807) is 0 Å². The number of carbonyl (C=O) groups is 3. The summed E-state index contributed by atoms with van der Waals surface area (Å²) < 4.78 is 16.7. The van der Waals surface area contributed by atoms with Crippen LogP contribution in [0, 0.1) is 0 Å². The molecule has 0 fully saturated rings. The van der Waals surface area contributed by atoms with Crippen molar-refractivity contribution in [1.29, 1.82) is 0 Å². The highest BCUT2D eigenvalue weighted by atomic mass is 16.6. The second-order valence-electron chi connectivity index (χ2n) is 17.8. The third kappa shape index (κ3) is 46.9. The van der Waals surface area contributed by atoms with Crippen molar-refractivity contribution in [3.63, 3.8) is 0 Å². The van der Waals surface area contributed by atoms with Gasteiger partial charge in [0.15, 0.2) is 6.10 Å². The molecule has 0 amide bonds. The second-order valence-corrected chi connectivity index (χ2v) is 17.8. The van der Waals surface area contributed by atoms with E-state index >= 15 is 0 Å². The van der Waals surface area contributed by atoms with Crippen LogP contribution in [0.1, 0.15) is 284 Å². The minimum atomic E-state index is -0.802. The van der Waals surface area contributed by atoms with Crippen LogP contribution in [-0.2, 0) is 28.6 Å². The Morgan fingerprint density at radius 1 is 0.317 bits per heavy atom. The van der Waals surface area contributed by atoms with Crippen LogP contribution in [0.4, 0.5) is 0 Å². The summed E-state index contributed by atoms with van der Waals surface area (Å²) in [6, 6.07) is 0. The molecule has 0 aliphatic heterocycles. The first-order valence-electron chi connectivity index (χ1n) is 26.3. The molecule has 6 heteroatoms. The standard InChI is InChI=1S/C54H100O6/c1-4-7-10-13-16-19-22-25-27-30-32-35-38-41-44-47-53(56)59-50-51(49-58-52(55)46-43-40-37-34-31-28-24-21-18-15-12-9-6-3)60-54(57)48-45-42-39-36-33-29-26-23-20-17-14-11-8-5-2/h38-39,41-42,51H,4-37,40,43-50H2,1-3H3/b41-38-,42-39-.